The normalized spacial score (nSPS) is 10.6. The van der Waals surface area contributed by atoms with Gasteiger partial charge in [0.15, 0.2) is 0 Å². The molecule has 2 heteroatoms. The topological polar surface area (TPSA) is 29.5 Å². The molecular formula is C14H16O2. The molecule has 0 atom stereocenters. The van der Waals surface area contributed by atoms with Crippen LogP contribution in [0.1, 0.15) is 12.5 Å². The first-order chi connectivity index (χ1) is 7.86. The van der Waals surface area contributed by atoms with Crippen LogP contribution >= 0.6 is 0 Å². The first-order valence-corrected chi connectivity index (χ1v) is 5.61. The molecule has 0 saturated carbocycles. The molecule has 0 aliphatic carbocycles. The summed E-state index contributed by atoms with van der Waals surface area (Å²) in [6, 6.07) is 12.4. The second-order valence-electron chi connectivity index (χ2n) is 3.70. The molecule has 0 bridgehead atoms. The Hall–Kier alpha value is -1.54. The molecule has 0 unspecified atom stereocenters. The van der Waals surface area contributed by atoms with E-state index >= 15 is 0 Å². The zero-order valence-corrected chi connectivity index (χ0v) is 9.44. The van der Waals surface area contributed by atoms with Crippen molar-refractivity contribution in [3.63, 3.8) is 0 Å². The number of rotatable bonds is 4. The maximum Gasteiger partial charge on any atom is 0.130 e. The van der Waals surface area contributed by atoms with Crippen LogP contribution in [0.4, 0.5) is 0 Å². The van der Waals surface area contributed by atoms with Gasteiger partial charge in [-0.15, -0.1) is 0 Å². The Labute approximate surface area is 95.5 Å². The third kappa shape index (κ3) is 2.02. The average Bonchev–Trinajstić information content (AvgIpc) is 2.35. The van der Waals surface area contributed by atoms with Crippen LogP contribution in [0.3, 0.4) is 0 Å². The van der Waals surface area contributed by atoms with Gasteiger partial charge in [0, 0.05) is 5.39 Å². The van der Waals surface area contributed by atoms with E-state index in [2.05, 4.69) is 31.2 Å². The number of hydrogen-bond donors (Lipinski definition) is 1. The number of aliphatic hydroxyl groups is 1. The molecule has 2 aromatic carbocycles. The minimum atomic E-state index is 0.0480. The van der Waals surface area contributed by atoms with Crippen molar-refractivity contribution < 1.29 is 9.84 Å². The highest BCUT2D eigenvalue weighted by atomic mass is 16.5. The van der Waals surface area contributed by atoms with E-state index in [1.54, 1.807) is 0 Å². The molecule has 2 rings (SSSR count). The Kier molecular flexibility index (Phi) is 3.42. The summed E-state index contributed by atoms with van der Waals surface area (Å²) < 4.78 is 5.64. The first-order valence-electron chi connectivity index (χ1n) is 5.61. The minimum absolute atomic E-state index is 0.0480. The van der Waals surface area contributed by atoms with E-state index in [9.17, 15) is 0 Å². The van der Waals surface area contributed by atoms with Gasteiger partial charge in [-0.1, -0.05) is 43.3 Å². The summed E-state index contributed by atoms with van der Waals surface area (Å²) in [4.78, 5) is 0. The van der Waals surface area contributed by atoms with Gasteiger partial charge < -0.3 is 9.84 Å². The van der Waals surface area contributed by atoms with Crippen LogP contribution in [0.2, 0.25) is 0 Å². The first kappa shape index (κ1) is 11.0. The summed E-state index contributed by atoms with van der Waals surface area (Å²) >= 11 is 0. The van der Waals surface area contributed by atoms with Gasteiger partial charge in [0.1, 0.15) is 12.4 Å². The molecule has 0 aromatic heterocycles. The molecule has 84 valence electrons. The largest absolute Gasteiger partial charge is 0.490 e. The number of ether oxygens (including phenoxy) is 1. The minimum Gasteiger partial charge on any atom is -0.490 e. The second kappa shape index (κ2) is 4.99. The molecule has 0 amide bonds. The van der Waals surface area contributed by atoms with Crippen molar-refractivity contribution in [2.75, 3.05) is 13.2 Å². The zero-order valence-electron chi connectivity index (χ0n) is 9.44. The quantitative estimate of drug-likeness (QED) is 0.851. The fraction of sp³-hybridized carbons (Fsp3) is 0.286. The van der Waals surface area contributed by atoms with Gasteiger partial charge >= 0.3 is 0 Å². The van der Waals surface area contributed by atoms with Crippen LogP contribution in [-0.4, -0.2) is 18.3 Å². The number of hydrogen-bond acceptors (Lipinski definition) is 2. The molecule has 2 nitrogen and oxygen atoms in total. The number of benzene rings is 2. The lowest BCUT2D eigenvalue weighted by Gasteiger charge is -2.12. The molecule has 0 radical (unpaired) electrons. The number of aliphatic hydroxyl groups excluding tert-OH is 1. The van der Waals surface area contributed by atoms with Crippen molar-refractivity contribution in [3.05, 3.63) is 42.0 Å². The molecule has 0 saturated heterocycles. The van der Waals surface area contributed by atoms with E-state index in [0.29, 0.717) is 6.61 Å². The Morgan fingerprint density at radius 2 is 1.94 bits per heavy atom. The van der Waals surface area contributed by atoms with Gasteiger partial charge in [0.05, 0.1) is 6.61 Å². The standard InChI is InChI=1S/C14H16O2/c1-2-11-7-8-12-5-3-4-6-13(12)14(11)16-10-9-15/h3-8,15H,2,9-10H2,1H3. The third-order valence-electron chi connectivity index (χ3n) is 2.68. The van der Waals surface area contributed by atoms with E-state index in [4.69, 9.17) is 9.84 Å². The maximum absolute atomic E-state index is 8.84. The van der Waals surface area contributed by atoms with E-state index in [0.717, 1.165) is 17.6 Å². The van der Waals surface area contributed by atoms with E-state index in [-0.39, 0.29) is 6.61 Å². The highest BCUT2D eigenvalue weighted by molar-refractivity contribution is 5.89. The lowest BCUT2D eigenvalue weighted by atomic mass is 10.0. The zero-order chi connectivity index (χ0) is 11.4. The van der Waals surface area contributed by atoms with Crippen LogP contribution in [0.25, 0.3) is 10.8 Å². The molecule has 16 heavy (non-hydrogen) atoms. The summed E-state index contributed by atoms with van der Waals surface area (Å²) in [6.45, 7) is 2.50. The van der Waals surface area contributed by atoms with Crippen LogP contribution in [0, 0.1) is 0 Å². The monoisotopic (exact) mass is 216 g/mol. The van der Waals surface area contributed by atoms with Crippen molar-refractivity contribution in [2.24, 2.45) is 0 Å². The summed E-state index contributed by atoms with van der Waals surface area (Å²) in [7, 11) is 0. The summed E-state index contributed by atoms with van der Waals surface area (Å²) in [5.74, 6) is 0.912. The molecule has 0 heterocycles. The predicted octanol–water partition coefficient (Wildman–Crippen LogP) is 2.77. The summed E-state index contributed by atoms with van der Waals surface area (Å²) in [6.07, 6.45) is 0.936. The number of fused-ring (bicyclic) bond motifs is 1. The highest BCUT2D eigenvalue weighted by Gasteiger charge is 2.06. The van der Waals surface area contributed by atoms with Crippen LogP contribution in [0.15, 0.2) is 36.4 Å². The fourth-order valence-corrected chi connectivity index (χ4v) is 1.88. The lowest BCUT2D eigenvalue weighted by molar-refractivity contribution is 0.202. The third-order valence-corrected chi connectivity index (χ3v) is 2.68. The van der Waals surface area contributed by atoms with Crippen LogP contribution < -0.4 is 4.74 Å². The van der Waals surface area contributed by atoms with E-state index < -0.39 is 0 Å². The Balaban J connectivity index is 2.54. The summed E-state index contributed by atoms with van der Waals surface area (Å²) in [5, 5.41) is 11.1. The van der Waals surface area contributed by atoms with Crippen molar-refractivity contribution in [2.45, 2.75) is 13.3 Å². The molecule has 0 aliphatic heterocycles. The smallest absolute Gasteiger partial charge is 0.130 e. The highest BCUT2D eigenvalue weighted by Crippen LogP contribution is 2.30. The molecular weight excluding hydrogens is 200 g/mol. The molecule has 1 N–H and O–H groups in total. The molecule has 0 spiro atoms. The van der Waals surface area contributed by atoms with Crippen molar-refractivity contribution in [1.29, 1.82) is 0 Å². The van der Waals surface area contributed by atoms with Gasteiger partial charge in [0.25, 0.3) is 0 Å². The number of aryl methyl sites for hydroxylation is 1. The van der Waals surface area contributed by atoms with Gasteiger partial charge in [-0.3, -0.25) is 0 Å². The lowest BCUT2D eigenvalue weighted by Crippen LogP contribution is -2.04. The Morgan fingerprint density at radius 1 is 1.12 bits per heavy atom. The predicted molar refractivity (Wildman–Crippen MR) is 65.9 cm³/mol. The SMILES string of the molecule is CCc1ccc2ccccc2c1OCCO. The van der Waals surface area contributed by atoms with E-state index in [1.807, 2.05) is 12.1 Å². The van der Waals surface area contributed by atoms with Gasteiger partial charge in [-0.2, -0.15) is 0 Å². The van der Waals surface area contributed by atoms with Crippen molar-refractivity contribution >= 4 is 10.8 Å². The molecule has 2 aromatic rings. The van der Waals surface area contributed by atoms with Crippen LogP contribution in [-0.2, 0) is 6.42 Å². The van der Waals surface area contributed by atoms with Crippen molar-refractivity contribution in [3.8, 4) is 5.75 Å². The maximum atomic E-state index is 8.84. The molecule has 0 fully saturated rings. The molecule has 0 aliphatic rings. The second-order valence-corrected chi connectivity index (χ2v) is 3.70. The average molecular weight is 216 g/mol. The van der Waals surface area contributed by atoms with Gasteiger partial charge in [-0.05, 0) is 17.4 Å². The Bertz CT molecular complexity index is 477. The fourth-order valence-electron chi connectivity index (χ4n) is 1.88. The van der Waals surface area contributed by atoms with Crippen LogP contribution in [0.5, 0.6) is 5.75 Å². The van der Waals surface area contributed by atoms with Gasteiger partial charge in [-0.25, -0.2) is 0 Å². The summed E-state index contributed by atoms with van der Waals surface area (Å²) in [5.41, 5.74) is 1.19. The Morgan fingerprint density at radius 3 is 2.69 bits per heavy atom. The van der Waals surface area contributed by atoms with Crippen molar-refractivity contribution in [1.82, 2.24) is 0 Å². The van der Waals surface area contributed by atoms with E-state index in [1.165, 1.54) is 10.9 Å². The van der Waals surface area contributed by atoms with Gasteiger partial charge in [0.2, 0.25) is 0 Å².